The maximum Gasteiger partial charge on any atom is 0.158 e. The average molecular weight is 334 g/mol. The van der Waals surface area contributed by atoms with Gasteiger partial charge >= 0.3 is 0 Å². The highest BCUT2D eigenvalue weighted by molar-refractivity contribution is 6.53. The van der Waals surface area contributed by atoms with Gasteiger partial charge in [-0.2, -0.15) is 0 Å². The molecular weight excluding hydrogens is 307 g/mol. The lowest BCUT2D eigenvalue weighted by atomic mass is 9.65. The Labute approximate surface area is 151 Å². The summed E-state index contributed by atoms with van der Waals surface area (Å²) in [5.74, 6) is 0.628. The van der Waals surface area contributed by atoms with Crippen molar-refractivity contribution in [2.45, 2.75) is 39.2 Å². The van der Waals surface area contributed by atoms with Gasteiger partial charge in [-0.1, -0.05) is 80.2 Å². The van der Waals surface area contributed by atoms with E-state index < -0.39 is 0 Å². The minimum Gasteiger partial charge on any atom is -0.376 e. The first kappa shape index (κ1) is 19.0. The smallest absolute Gasteiger partial charge is 0.158 e. The zero-order valence-electron chi connectivity index (χ0n) is 15.2. The SMILES string of the molecule is CC(C)c1ccc(BCCc2ccccc2)cc1.OCn1ccnc1. The molecule has 25 heavy (non-hydrogen) atoms. The molecule has 2 aromatic carbocycles. The molecule has 0 saturated carbocycles. The van der Waals surface area contributed by atoms with E-state index in [0.29, 0.717) is 5.92 Å². The molecule has 0 fully saturated rings. The molecule has 0 unspecified atom stereocenters. The molecule has 4 heteroatoms. The number of benzene rings is 2. The first-order valence-electron chi connectivity index (χ1n) is 8.88. The molecule has 0 radical (unpaired) electrons. The molecule has 0 amide bonds. The van der Waals surface area contributed by atoms with Gasteiger partial charge in [0, 0.05) is 12.4 Å². The van der Waals surface area contributed by atoms with Crippen LogP contribution in [0.15, 0.2) is 73.3 Å². The van der Waals surface area contributed by atoms with Crippen molar-refractivity contribution in [2.24, 2.45) is 0 Å². The van der Waals surface area contributed by atoms with Crippen LogP contribution in [0.25, 0.3) is 0 Å². The number of aryl methyl sites for hydroxylation is 1. The predicted octanol–water partition coefficient (Wildman–Crippen LogP) is 3.37. The van der Waals surface area contributed by atoms with E-state index in [1.165, 1.54) is 36.6 Å². The van der Waals surface area contributed by atoms with Gasteiger partial charge in [-0.25, -0.2) is 4.98 Å². The summed E-state index contributed by atoms with van der Waals surface area (Å²) in [6.45, 7) is 4.49. The molecule has 130 valence electrons. The Balaban J connectivity index is 0.000000269. The number of hydrogen-bond donors (Lipinski definition) is 1. The molecule has 0 bridgehead atoms. The minimum absolute atomic E-state index is 0.0139. The van der Waals surface area contributed by atoms with E-state index in [1.54, 1.807) is 23.3 Å². The molecular formula is C21H27BN2O. The summed E-state index contributed by atoms with van der Waals surface area (Å²) in [5.41, 5.74) is 4.33. The van der Waals surface area contributed by atoms with E-state index in [0.717, 1.165) is 0 Å². The Hall–Kier alpha value is -2.33. The van der Waals surface area contributed by atoms with Crippen LogP contribution in [0.4, 0.5) is 0 Å². The molecule has 0 aliphatic heterocycles. The number of imidazole rings is 1. The van der Waals surface area contributed by atoms with E-state index in [2.05, 4.69) is 73.4 Å². The second-order valence-electron chi connectivity index (χ2n) is 6.45. The fourth-order valence-electron chi connectivity index (χ4n) is 2.58. The van der Waals surface area contributed by atoms with Gasteiger partial charge in [-0.05, 0) is 23.5 Å². The zero-order chi connectivity index (χ0) is 17.9. The molecule has 0 aliphatic rings. The Morgan fingerprint density at radius 1 is 1.04 bits per heavy atom. The monoisotopic (exact) mass is 334 g/mol. The van der Waals surface area contributed by atoms with E-state index in [9.17, 15) is 0 Å². The summed E-state index contributed by atoms with van der Waals surface area (Å²) in [6, 6.07) is 19.8. The lowest BCUT2D eigenvalue weighted by molar-refractivity contribution is 0.210. The van der Waals surface area contributed by atoms with Crippen LogP contribution in [0.1, 0.15) is 30.9 Å². The number of rotatable bonds is 6. The molecule has 1 aromatic heterocycles. The minimum atomic E-state index is 0.0139. The van der Waals surface area contributed by atoms with Crippen LogP contribution >= 0.6 is 0 Å². The van der Waals surface area contributed by atoms with E-state index in [-0.39, 0.29) is 6.73 Å². The third-order valence-electron chi connectivity index (χ3n) is 4.14. The quantitative estimate of drug-likeness (QED) is 0.702. The second-order valence-corrected chi connectivity index (χ2v) is 6.45. The molecule has 3 aromatic rings. The van der Waals surface area contributed by atoms with Crippen LogP contribution in [0.2, 0.25) is 6.32 Å². The molecule has 0 atom stereocenters. The molecule has 0 aliphatic carbocycles. The normalized spacial score (nSPS) is 10.2. The van der Waals surface area contributed by atoms with Crippen LogP contribution in [0, 0.1) is 0 Å². The summed E-state index contributed by atoms with van der Waals surface area (Å²) in [4.78, 5) is 3.70. The molecule has 1 heterocycles. The topological polar surface area (TPSA) is 38.0 Å². The summed E-state index contributed by atoms with van der Waals surface area (Å²) in [7, 11) is 1.17. The van der Waals surface area contributed by atoms with Gasteiger partial charge in [0.1, 0.15) is 6.73 Å². The van der Waals surface area contributed by atoms with Gasteiger partial charge in [-0.3, -0.25) is 0 Å². The van der Waals surface area contributed by atoms with Crippen molar-refractivity contribution in [3.63, 3.8) is 0 Å². The van der Waals surface area contributed by atoms with Gasteiger partial charge in [0.2, 0.25) is 0 Å². The second kappa shape index (κ2) is 10.5. The largest absolute Gasteiger partial charge is 0.376 e. The number of aliphatic hydroxyl groups is 1. The molecule has 1 N–H and O–H groups in total. The first-order chi connectivity index (χ1) is 12.2. The predicted molar refractivity (Wildman–Crippen MR) is 107 cm³/mol. The van der Waals surface area contributed by atoms with Crippen molar-refractivity contribution in [3.05, 3.63) is 84.4 Å². The molecule has 3 rings (SSSR count). The standard InChI is InChI=1S/C17H21B.C4H6N2O/c1-14(2)16-8-10-17(11-9-16)18-13-12-15-6-4-3-5-7-15;7-4-6-2-1-5-3-6/h3-11,14,18H,12-13H2,1-2H3;1-3,7H,4H2. The van der Waals surface area contributed by atoms with Crippen molar-refractivity contribution in [1.29, 1.82) is 0 Å². The summed E-state index contributed by atoms with van der Waals surface area (Å²) >= 11 is 0. The fourth-order valence-corrected chi connectivity index (χ4v) is 2.58. The van der Waals surface area contributed by atoms with Crippen molar-refractivity contribution in [1.82, 2.24) is 9.55 Å². The van der Waals surface area contributed by atoms with E-state index >= 15 is 0 Å². The maximum atomic E-state index is 8.35. The highest BCUT2D eigenvalue weighted by atomic mass is 16.3. The Morgan fingerprint density at radius 3 is 2.28 bits per heavy atom. The highest BCUT2D eigenvalue weighted by Gasteiger charge is 2.00. The zero-order valence-corrected chi connectivity index (χ0v) is 15.2. The van der Waals surface area contributed by atoms with Gasteiger partial charge in [-0.15, -0.1) is 0 Å². The van der Waals surface area contributed by atoms with Gasteiger partial charge in [0.05, 0.1) is 6.33 Å². The Bertz CT molecular complexity index is 695. The van der Waals surface area contributed by atoms with Crippen molar-refractivity contribution in [2.75, 3.05) is 0 Å². The number of nitrogens with zero attached hydrogens (tertiary/aromatic N) is 2. The van der Waals surface area contributed by atoms with Crippen LogP contribution < -0.4 is 5.46 Å². The van der Waals surface area contributed by atoms with Crippen molar-refractivity contribution < 1.29 is 5.11 Å². The van der Waals surface area contributed by atoms with Gasteiger partial charge in [0.25, 0.3) is 0 Å². The highest BCUT2D eigenvalue weighted by Crippen LogP contribution is 2.11. The fraction of sp³-hybridized carbons (Fsp3) is 0.286. The first-order valence-corrected chi connectivity index (χ1v) is 8.88. The van der Waals surface area contributed by atoms with Crippen LogP contribution in [-0.4, -0.2) is 21.9 Å². The lowest BCUT2D eigenvalue weighted by Crippen LogP contribution is -2.14. The summed E-state index contributed by atoms with van der Waals surface area (Å²) in [5, 5.41) is 8.35. The van der Waals surface area contributed by atoms with Crippen LogP contribution in [0.5, 0.6) is 0 Å². The molecule has 0 spiro atoms. The van der Waals surface area contributed by atoms with E-state index in [1.807, 2.05) is 0 Å². The molecule has 0 saturated heterocycles. The van der Waals surface area contributed by atoms with Gasteiger partial charge in [0.15, 0.2) is 7.28 Å². The Kier molecular flexibility index (Phi) is 8.00. The van der Waals surface area contributed by atoms with Crippen LogP contribution in [0.3, 0.4) is 0 Å². The maximum absolute atomic E-state index is 8.35. The number of aliphatic hydroxyl groups excluding tert-OH is 1. The lowest BCUT2D eigenvalue weighted by Gasteiger charge is -2.06. The summed E-state index contributed by atoms with van der Waals surface area (Å²) < 4.78 is 1.57. The van der Waals surface area contributed by atoms with Gasteiger partial charge < -0.3 is 9.67 Å². The third-order valence-corrected chi connectivity index (χ3v) is 4.14. The number of aromatic nitrogens is 2. The Morgan fingerprint density at radius 2 is 1.76 bits per heavy atom. The molecule has 3 nitrogen and oxygen atoms in total. The van der Waals surface area contributed by atoms with E-state index in [4.69, 9.17) is 5.11 Å². The van der Waals surface area contributed by atoms with Crippen molar-refractivity contribution >= 4 is 12.7 Å². The average Bonchev–Trinajstić information content (AvgIpc) is 3.17. The van der Waals surface area contributed by atoms with Crippen LogP contribution in [-0.2, 0) is 13.2 Å². The van der Waals surface area contributed by atoms with Crippen molar-refractivity contribution in [3.8, 4) is 0 Å². The third kappa shape index (κ3) is 6.98. The summed E-state index contributed by atoms with van der Waals surface area (Å²) in [6.07, 6.45) is 7.27. The number of hydrogen-bond acceptors (Lipinski definition) is 2.